The van der Waals surface area contributed by atoms with E-state index < -0.39 is 0 Å². The summed E-state index contributed by atoms with van der Waals surface area (Å²) in [5, 5.41) is 0. The normalized spacial score (nSPS) is 28.9. The van der Waals surface area contributed by atoms with Crippen molar-refractivity contribution in [1.29, 1.82) is 0 Å². The van der Waals surface area contributed by atoms with Gasteiger partial charge in [0.15, 0.2) is 0 Å². The molecule has 22 heavy (non-hydrogen) atoms. The number of ether oxygens (including phenoxy) is 1. The van der Waals surface area contributed by atoms with Crippen molar-refractivity contribution in [2.75, 3.05) is 6.61 Å². The van der Waals surface area contributed by atoms with E-state index in [4.69, 9.17) is 4.74 Å². The lowest BCUT2D eigenvalue weighted by molar-refractivity contribution is -0.144. The molecule has 2 aliphatic rings. The largest absolute Gasteiger partial charge is 0.462 e. The van der Waals surface area contributed by atoms with Gasteiger partial charge in [0.2, 0.25) is 0 Å². The number of esters is 1. The molecule has 0 saturated carbocycles. The zero-order chi connectivity index (χ0) is 16.1. The van der Waals surface area contributed by atoms with Crippen LogP contribution < -0.4 is 0 Å². The highest BCUT2D eigenvalue weighted by Gasteiger charge is 2.36. The van der Waals surface area contributed by atoms with Gasteiger partial charge < -0.3 is 4.74 Å². The van der Waals surface area contributed by atoms with Gasteiger partial charge in [-0.1, -0.05) is 55.9 Å². The molecule has 2 unspecified atom stereocenters. The van der Waals surface area contributed by atoms with Crippen molar-refractivity contribution in [3.8, 4) is 0 Å². The van der Waals surface area contributed by atoms with Crippen LogP contribution in [0.3, 0.4) is 0 Å². The van der Waals surface area contributed by atoms with Crippen LogP contribution in [0.15, 0.2) is 47.6 Å². The van der Waals surface area contributed by atoms with E-state index in [-0.39, 0.29) is 17.8 Å². The van der Waals surface area contributed by atoms with Crippen LogP contribution in [0.2, 0.25) is 0 Å². The summed E-state index contributed by atoms with van der Waals surface area (Å²) in [6.45, 7) is 11.2. The SMILES string of the molecule is C=C1CCC=C(C)CCC2C(=CC=CC(C)C)C(=O)OCC12. The van der Waals surface area contributed by atoms with Gasteiger partial charge in [0, 0.05) is 17.4 Å². The Morgan fingerprint density at radius 1 is 1.32 bits per heavy atom. The number of hydrogen-bond acceptors (Lipinski definition) is 2. The Bertz CT molecular complexity index is 520. The fourth-order valence-electron chi connectivity index (χ4n) is 3.24. The van der Waals surface area contributed by atoms with Crippen molar-refractivity contribution < 1.29 is 9.53 Å². The topological polar surface area (TPSA) is 26.3 Å². The molecular formula is C20H28O2. The molecule has 0 spiro atoms. The average Bonchev–Trinajstić information content (AvgIpc) is 2.52. The number of cyclic esters (lactones) is 1. The standard InChI is InChI=1S/C20H28O2/c1-14(2)7-5-10-18-17-12-11-15(3)8-6-9-16(4)19(17)13-22-20(18)21/h5,7-8,10,14,17,19H,4,6,9,11-13H2,1-3H3. The lowest BCUT2D eigenvalue weighted by atomic mass is 9.76. The molecule has 0 N–H and O–H groups in total. The van der Waals surface area contributed by atoms with E-state index in [9.17, 15) is 4.79 Å². The highest BCUT2D eigenvalue weighted by atomic mass is 16.5. The van der Waals surface area contributed by atoms with Crippen LogP contribution in [0, 0.1) is 17.8 Å². The molecule has 0 aromatic rings. The third-order valence-corrected chi connectivity index (χ3v) is 4.62. The first-order chi connectivity index (χ1) is 10.5. The van der Waals surface area contributed by atoms with E-state index in [0.29, 0.717) is 12.5 Å². The highest BCUT2D eigenvalue weighted by molar-refractivity contribution is 5.90. The van der Waals surface area contributed by atoms with Gasteiger partial charge in [-0.2, -0.15) is 0 Å². The molecule has 1 heterocycles. The highest BCUT2D eigenvalue weighted by Crippen LogP contribution is 2.38. The van der Waals surface area contributed by atoms with E-state index in [2.05, 4.69) is 39.5 Å². The molecule has 0 amide bonds. The molecule has 0 radical (unpaired) electrons. The summed E-state index contributed by atoms with van der Waals surface area (Å²) in [7, 11) is 0. The lowest BCUT2D eigenvalue weighted by Crippen LogP contribution is -2.34. The van der Waals surface area contributed by atoms with Gasteiger partial charge in [-0.25, -0.2) is 4.79 Å². The van der Waals surface area contributed by atoms with E-state index in [1.54, 1.807) is 0 Å². The average molecular weight is 300 g/mol. The molecule has 0 bridgehead atoms. The van der Waals surface area contributed by atoms with Gasteiger partial charge in [-0.3, -0.25) is 0 Å². The minimum atomic E-state index is -0.150. The number of hydrogen-bond donors (Lipinski definition) is 0. The minimum Gasteiger partial charge on any atom is -0.462 e. The summed E-state index contributed by atoms with van der Waals surface area (Å²) in [5.74, 6) is 0.846. The molecule has 2 rings (SSSR count). The van der Waals surface area contributed by atoms with Crippen molar-refractivity contribution in [3.63, 3.8) is 0 Å². The first-order valence-corrected chi connectivity index (χ1v) is 8.38. The fraction of sp³-hybridized carbons (Fsp3) is 0.550. The lowest BCUT2D eigenvalue weighted by Gasteiger charge is -2.34. The molecule has 1 fully saturated rings. The third kappa shape index (κ3) is 4.22. The fourth-order valence-corrected chi connectivity index (χ4v) is 3.24. The molecule has 0 aromatic carbocycles. The van der Waals surface area contributed by atoms with Gasteiger partial charge in [0.25, 0.3) is 0 Å². The summed E-state index contributed by atoms with van der Waals surface area (Å²) >= 11 is 0. The number of carbonyl (C=O) groups is 1. The Kier molecular flexibility index (Phi) is 5.82. The van der Waals surface area contributed by atoms with E-state index in [0.717, 1.165) is 31.3 Å². The van der Waals surface area contributed by atoms with Crippen molar-refractivity contribution >= 4 is 5.97 Å². The second kappa shape index (κ2) is 7.62. The zero-order valence-corrected chi connectivity index (χ0v) is 14.1. The number of fused-ring (bicyclic) bond motifs is 1. The molecule has 2 atom stereocenters. The molecule has 2 nitrogen and oxygen atoms in total. The first-order valence-electron chi connectivity index (χ1n) is 8.38. The Morgan fingerprint density at radius 3 is 2.82 bits per heavy atom. The summed E-state index contributed by atoms with van der Waals surface area (Å²) in [5.41, 5.74) is 3.47. The Morgan fingerprint density at radius 2 is 2.09 bits per heavy atom. The molecule has 2 heteroatoms. The van der Waals surface area contributed by atoms with Crippen LogP contribution >= 0.6 is 0 Å². The van der Waals surface area contributed by atoms with Crippen molar-refractivity contribution in [2.45, 2.75) is 46.5 Å². The van der Waals surface area contributed by atoms with Gasteiger partial charge in [0.1, 0.15) is 0 Å². The molecule has 1 saturated heterocycles. The number of rotatable bonds is 2. The van der Waals surface area contributed by atoms with Crippen LogP contribution in [-0.2, 0) is 9.53 Å². The molecule has 120 valence electrons. The summed E-state index contributed by atoms with van der Waals surface area (Å²) in [4.78, 5) is 12.2. The van der Waals surface area contributed by atoms with E-state index in [1.807, 2.05) is 12.2 Å². The Hall–Kier alpha value is -1.57. The molecular weight excluding hydrogens is 272 g/mol. The van der Waals surface area contributed by atoms with Gasteiger partial charge >= 0.3 is 5.97 Å². The van der Waals surface area contributed by atoms with Crippen LogP contribution in [-0.4, -0.2) is 12.6 Å². The monoisotopic (exact) mass is 300 g/mol. The predicted molar refractivity (Wildman–Crippen MR) is 91.4 cm³/mol. The predicted octanol–water partition coefficient (Wildman–Crippen LogP) is 4.99. The van der Waals surface area contributed by atoms with Crippen LogP contribution in [0.4, 0.5) is 0 Å². The van der Waals surface area contributed by atoms with E-state index in [1.165, 1.54) is 11.1 Å². The van der Waals surface area contributed by atoms with Crippen LogP contribution in [0.25, 0.3) is 0 Å². The summed E-state index contributed by atoms with van der Waals surface area (Å²) in [6.07, 6.45) is 12.5. The first kappa shape index (κ1) is 16.8. The second-order valence-corrected chi connectivity index (χ2v) is 6.85. The maximum atomic E-state index is 12.2. The van der Waals surface area contributed by atoms with Crippen molar-refractivity contribution in [1.82, 2.24) is 0 Å². The second-order valence-electron chi connectivity index (χ2n) is 6.85. The van der Waals surface area contributed by atoms with Gasteiger partial charge in [-0.05, 0) is 38.5 Å². The number of carbonyl (C=O) groups excluding carboxylic acids is 1. The third-order valence-electron chi connectivity index (χ3n) is 4.62. The number of allylic oxidation sites excluding steroid dienone is 5. The van der Waals surface area contributed by atoms with Crippen LogP contribution in [0.1, 0.15) is 46.5 Å². The quantitative estimate of drug-likeness (QED) is 0.408. The maximum absolute atomic E-state index is 12.2. The van der Waals surface area contributed by atoms with E-state index >= 15 is 0 Å². The minimum absolute atomic E-state index is 0.150. The molecule has 0 aromatic heterocycles. The summed E-state index contributed by atoms with van der Waals surface area (Å²) in [6, 6.07) is 0. The van der Waals surface area contributed by atoms with Crippen molar-refractivity contribution in [2.24, 2.45) is 17.8 Å². The van der Waals surface area contributed by atoms with Gasteiger partial charge in [0.05, 0.1) is 6.61 Å². The van der Waals surface area contributed by atoms with Gasteiger partial charge in [-0.15, -0.1) is 0 Å². The van der Waals surface area contributed by atoms with Crippen LogP contribution in [0.5, 0.6) is 0 Å². The Balaban J connectivity index is 2.28. The summed E-state index contributed by atoms with van der Waals surface area (Å²) < 4.78 is 5.43. The zero-order valence-electron chi connectivity index (χ0n) is 14.1. The maximum Gasteiger partial charge on any atom is 0.334 e. The Labute approximate surface area is 134 Å². The smallest absolute Gasteiger partial charge is 0.334 e. The molecule has 1 aliphatic carbocycles. The van der Waals surface area contributed by atoms with Crippen molar-refractivity contribution in [3.05, 3.63) is 47.6 Å². The molecule has 1 aliphatic heterocycles.